The van der Waals surface area contributed by atoms with E-state index in [1.807, 2.05) is 0 Å². The summed E-state index contributed by atoms with van der Waals surface area (Å²) in [6, 6.07) is 0. The summed E-state index contributed by atoms with van der Waals surface area (Å²) in [5.74, 6) is 0. The third kappa shape index (κ3) is 13.2. The molecule has 1 atom stereocenters. The van der Waals surface area contributed by atoms with Gasteiger partial charge in [0.2, 0.25) is 0 Å². The monoisotopic (exact) mass is 305 g/mol. The Bertz CT molecular complexity index is 216. The van der Waals surface area contributed by atoms with Crippen LogP contribution in [0.25, 0.3) is 0 Å². The van der Waals surface area contributed by atoms with Crippen molar-refractivity contribution < 1.29 is 19.3 Å². The summed E-state index contributed by atoms with van der Waals surface area (Å²) in [5.41, 5.74) is -0.148. The lowest BCUT2D eigenvalue weighted by atomic mass is 9.95. The molecule has 0 spiro atoms. The van der Waals surface area contributed by atoms with Crippen molar-refractivity contribution in [2.45, 2.75) is 51.5 Å². The van der Waals surface area contributed by atoms with Gasteiger partial charge in [-0.15, -0.1) is 0 Å². The summed E-state index contributed by atoms with van der Waals surface area (Å²) >= 11 is 0. The lowest BCUT2D eigenvalue weighted by Crippen LogP contribution is -2.46. The second-order valence-electron chi connectivity index (χ2n) is 5.67. The van der Waals surface area contributed by atoms with E-state index >= 15 is 0 Å². The first-order valence-corrected chi connectivity index (χ1v) is 8.19. The maximum atomic E-state index is 9.46. The molecular formula is C16H35NO4. The van der Waals surface area contributed by atoms with Crippen LogP contribution in [-0.2, 0) is 14.2 Å². The molecule has 5 heteroatoms. The van der Waals surface area contributed by atoms with Gasteiger partial charge in [0.1, 0.15) is 0 Å². The van der Waals surface area contributed by atoms with E-state index in [2.05, 4.69) is 19.2 Å². The number of methoxy groups -OCH3 is 1. The standard InChI is InChI=1S/C16H35NO4/c1-4-9-17-16(2,15-18)8-5-6-10-20-11-7-12-21-14-13-19-3/h17-18H,4-15H2,1-3H3. The van der Waals surface area contributed by atoms with E-state index in [0.717, 1.165) is 58.5 Å². The van der Waals surface area contributed by atoms with E-state index in [1.165, 1.54) is 0 Å². The first-order chi connectivity index (χ1) is 10.2. The van der Waals surface area contributed by atoms with Crippen LogP contribution < -0.4 is 5.32 Å². The van der Waals surface area contributed by atoms with Crippen LogP contribution in [0.4, 0.5) is 0 Å². The van der Waals surface area contributed by atoms with E-state index in [9.17, 15) is 5.11 Å². The molecule has 1 unspecified atom stereocenters. The van der Waals surface area contributed by atoms with Crippen molar-refractivity contribution in [1.29, 1.82) is 0 Å². The molecule has 0 saturated carbocycles. The van der Waals surface area contributed by atoms with Crippen LogP contribution in [0.5, 0.6) is 0 Å². The molecule has 0 aliphatic rings. The molecule has 0 aromatic carbocycles. The van der Waals surface area contributed by atoms with Gasteiger partial charge in [-0.25, -0.2) is 0 Å². The molecule has 0 aromatic heterocycles. The van der Waals surface area contributed by atoms with Gasteiger partial charge in [-0.05, 0) is 45.6 Å². The second-order valence-corrected chi connectivity index (χ2v) is 5.67. The number of nitrogens with one attached hydrogen (secondary N) is 1. The zero-order valence-electron chi connectivity index (χ0n) is 14.2. The first-order valence-electron chi connectivity index (χ1n) is 8.19. The number of unbranched alkanes of at least 4 members (excludes halogenated alkanes) is 1. The van der Waals surface area contributed by atoms with Crippen molar-refractivity contribution in [3.8, 4) is 0 Å². The molecule has 0 saturated heterocycles. The fraction of sp³-hybridized carbons (Fsp3) is 1.00. The number of rotatable bonds is 16. The van der Waals surface area contributed by atoms with Crippen LogP contribution in [0, 0.1) is 0 Å². The Kier molecular flexibility index (Phi) is 14.6. The van der Waals surface area contributed by atoms with Crippen LogP contribution >= 0.6 is 0 Å². The highest BCUT2D eigenvalue weighted by atomic mass is 16.5. The summed E-state index contributed by atoms with van der Waals surface area (Å²) in [5, 5.41) is 12.9. The van der Waals surface area contributed by atoms with Gasteiger partial charge in [-0.2, -0.15) is 0 Å². The molecule has 21 heavy (non-hydrogen) atoms. The van der Waals surface area contributed by atoms with Gasteiger partial charge in [0.15, 0.2) is 0 Å². The fourth-order valence-corrected chi connectivity index (χ4v) is 1.98. The zero-order chi connectivity index (χ0) is 15.8. The van der Waals surface area contributed by atoms with E-state index in [4.69, 9.17) is 14.2 Å². The van der Waals surface area contributed by atoms with Crippen LogP contribution in [0.15, 0.2) is 0 Å². The smallest absolute Gasteiger partial charge is 0.0700 e. The number of hydrogen-bond donors (Lipinski definition) is 2. The minimum absolute atomic E-state index is 0.148. The van der Waals surface area contributed by atoms with Gasteiger partial charge in [-0.3, -0.25) is 0 Å². The van der Waals surface area contributed by atoms with Crippen LogP contribution in [-0.4, -0.2) is 63.9 Å². The third-order valence-corrected chi connectivity index (χ3v) is 3.43. The highest BCUT2D eigenvalue weighted by molar-refractivity contribution is 4.81. The largest absolute Gasteiger partial charge is 0.394 e. The Balaban J connectivity index is 3.34. The van der Waals surface area contributed by atoms with E-state index in [-0.39, 0.29) is 12.1 Å². The summed E-state index contributed by atoms with van der Waals surface area (Å²) in [7, 11) is 1.67. The molecule has 0 radical (unpaired) electrons. The highest BCUT2D eigenvalue weighted by Gasteiger charge is 2.21. The maximum Gasteiger partial charge on any atom is 0.0700 e. The minimum Gasteiger partial charge on any atom is -0.394 e. The van der Waals surface area contributed by atoms with Gasteiger partial charge >= 0.3 is 0 Å². The Morgan fingerprint density at radius 2 is 1.62 bits per heavy atom. The molecule has 0 aromatic rings. The molecule has 0 amide bonds. The molecule has 128 valence electrons. The number of ether oxygens (including phenoxy) is 3. The molecule has 0 aliphatic carbocycles. The molecule has 0 aliphatic heterocycles. The summed E-state index contributed by atoms with van der Waals surface area (Å²) < 4.78 is 15.8. The number of aliphatic hydroxyl groups is 1. The topological polar surface area (TPSA) is 60.0 Å². The van der Waals surface area contributed by atoms with Gasteiger partial charge in [0.05, 0.1) is 19.8 Å². The predicted octanol–water partition coefficient (Wildman–Crippen LogP) is 1.98. The molecular weight excluding hydrogens is 270 g/mol. The Morgan fingerprint density at radius 3 is 2.24 bits per heavy atom. The van der Waals surface area contributed by atoms with Crippen molar-refractivity contribution >= 4 is 0 Å². The number of aliphatic hydroxyl groups excluding tert-OH is 1. The van der Waals surface area contributed by atoms with E-state index in [1.54, 1.807) is 7.11 Å². The average molecular weight is 305 g/mol. The summed E-state index contributed by atoms with van der Waals surface area (Å²) in [6.07, 6.45) is 5.10. The van der Waals surface area contributed by atoms with Crippen molar-refractivity contribution in [1.82, 2.24) is 5.32 Å². The van der Waals surface area contributed by atoms with Gasteiger partial charge in [0, 0.05) is 32.5 Å². The van der Waals surface area contributed by atoms with Crippen molar-refractivity contribution in [2.75, 3.05) is 53.3 Å². The normalized spacial score (nSPS) is 14.3. The Hall–Kier alpha value is -0.200. The lowest BCUT2D eigenvalue weighted by molar-refractivity contribution is 0.0504. The minimum atomic E-state index is -0.148. The Labute approximate surface area is 130 Å². The van der Waals surface area contributed by atoms with Crippen LogP contribution in [0.1, 0.15) is 46.0 Å². The molecule has 0 bridgehead atoms. The van der Waals surface area contributed by atoms with Gasteiger partial charge < -0.3 is 24.6 Å². The quantitative estimate of drug-likeness (QED) is 0.427. The average Bonchev–Trinajstić information content (AvgIpc) is 2.50. The lowest BCUT2D eigenvalue weighted by Gasteiger charge is -2.28. The van der Waals surface area contributed by atoms with Crippen molar-refractivity contribution in [3.05, 3.63) is 0 Å². The predicted molar refractivity (Wildman–Crippen MR) is 85.8 cm³/mol. The van der Waals surface area contributed by atoms with Crippen LogP contribution in [0.2, 0.25) is 0 Å². The molecule has 0 rings (SSSR count). The highest BCUT2D eigenvalue weighted by Crippen LogP contribution is 2.13. The maximum absolute atomic E-state index is 9.46. The van der Waals surface area contributed by atoms with Gasteiger partial charge in [0.25, 0.3) is 0 Å². The first kappa shape index (κ1) is 20.8. The molecule has 0 heterocycles. The SMILES string of the molecule is CCCNC(C)(CO)CCCCOCCCOCCOC. The second kappa shape index (κ2) is 14.7. The number of hydrogen-bond acceptors (Lipinski definition) is 5. The van der Waals surface area contributed by atoms with E-state index in [0.29, 0.717) is 13.2 Å². The molecule has 2 N–H and O–H groups in total. The van der Waals surface area contributed by atoms with Crippen molar-refractivity contribution in [3.63, 3.8) is 0 Å². The fourth-order valence-electron chi connectivity index (χ4n) is 1.98. The summed E-state index contributed by atoms with van der Waals surface area (Å²) in [6.45, 7) is 8.93. The Morgan fingerprint density at radius 1 is 0.952 bits per heavy atom. The van der Waals surface area contributed by atoms with Crippen LogP contribution in [0.3, 0.4) is 0 Å². The zero-order valence-corrected chi connectivity index (χ0v) is 14.2. The molecule has 0 fully saturated rings. The van der Waals surface area contributed by atoms with Crippen molar-refractivity contribution in [2.24, 2.45) is 0 Å². The molecule has 5 nitrogen and oxygen atoms in total. The summed E-state index contributed by atoms with van der Waals surface area (Å²) in [4.78, 5) is 0. The van der Waals surface area contributed by atoms with Gasteiger partial charge in [-0.1, -0.05) is 6.92 Å². The third-order valence-electron chi connectivity index (χ3n) is 3.43. The van der Waals surface area contributed by atoms with E-state index < -0.39 is 0 Å².